The van der Waals surface area contributed by atoms with Gasteiger partial charge >= 0.3 is 5.97 Å². The molecule has 100 valence electrons. The van der Waals surface area contributed by atoms with Crippen molar-refractivity contribution in [2.45, 2.75) is 52.9 Å². The Morgan fingerprint density at radius 3 is 2.29 bits per heavy atom. The highest BCUT2D eigenvalue weighted by Gasteiger charge is 2.13. The lowest BCUT2D eigenvalue weighted by Gasteiger charge is -2.21. The van der Waals surface area contributed by atoms with Gasteiger partial charge in [0.15, 0.2) is 0 Å². The van der Waals surface area contributed by atoms with Gasteiger partial charge in [0, 0.05) is 19.5 Å². The van der Waals surface area contributed by atoms with E-state index in [0.717, 1.165) is 25.8 Å². The van der Waals surface area contributed by atoms with Crippen LogP contribution in [0.15, 0.2) is 0 Å². The van der Waals surface area contributed by atoms with E-state index in [1.54, 1.807) is 11.8 Å². The van der Waals surface area contributed by atoms with Crippen LogP contribution in [-0.2, 0) is 14.3 Å². The van der Waals surface area contributed by atoms with Gasteiger partial charge in [-0.05, 0) is 13.3 Å². The van der Waals surface area contributed by atoms with E-state index in [-0.39, 0.29) is 11.9 Å². The first-order valence-corrected chi connectivity index (χ1v) is 6.59. The lowest BCUT2D eigenvalue weighted by molar-refractivity contribution is -0.144. The molecule has 4 nitrogen and oxygen atoms in total. The van der Waals surface area contributed by atoms with Crippen LogP contribution in [0.25, 0.3) is 0 Å². The molecule has 0 heterocycles. The van der Waals surface area contributed by atoms with E-state index in [2.05, 4.69) is 6.92 Å². The lowest BCUT2D eigenvalue weighted by atomic mass is 10.2. The molecule has 0 aromatic carbocycles. The molecule has 0 saturated carbocycles. The van der Waals surface area contributed by atoms with Crippen LogP contribution in [0.4, 0.5) is 0 Å². The van der Waals surface area contributed by atoms with Crippen LogP contribution < -0.4 is 0 Å². The van der Waals surface area contributed by atoms with Crippen molar-refractivity contribution in [3.8, 4) is 0 Å². The van der Waals surface area contributed by atoms with Gasteiger partial charge in [-0.3, -0.25) is 9.59 Å². The Balaban J connectivity index is 4.01. The summed E-state index contributed by atoms with van der Waals surface area (Å²) in [5.41, 5.74) is 0. The number of carbonyl (C=O) groups excluding carboxylic acids is 2. The summed E-state index contributed by atoms with van der Waals surface area (Å²) < 4.78 is 4.85. The third kappa shape index (κ3) is 7.77. The van der Waals surface area contributed by atoms with Crippen molar-refractivity contribution in [2.24, 2.45) is 0 Å². The number of amides is 1. The average molecular weight is 243 g/mol. The molecule has 0 rings (SSSR count). The van der Waals surface area contributed by atoms with E-state index in [0.29, 0.717) is 26.0 Å². The fourth-order valence-electron chi connectivity index (χ4n) is 1.60. The molecule has 0 aliphatic heterocycles. The van der Waals surface area contributed by atoms with Crippen LogP contribution in [0, 0.1) is 0 Å². The molecular weight excluding hydrogens is 218 g/mol. The van der Waals surface area contributed by atoms with E-state index >= 15 is 0 Å². The first kappa shape index (κ1) is 15.9. The SMILES string of the molecule is CCCCCN(CCC(=O)OCC)C(=O)CC. The van der Waals surface area contributed by atoms with Gasteiger partial charge in [0.2, 0.25) is 5.91 Å². The molecule has 17 heavy (non-hydrogen) atoms. The molecule has 0 spiro atoms. The number of carbonyl (C=O) groups is 2. The smallest absolute Gasteiger partial charge is 0.307 e. The Morgan fingerprint density at radius 1 is 1.06 bits per heavy atom. The van der Waals surface area contributed by atoms with E-state index in [1.807, 2.05) is 6.92 Å². The summed E-state index contributed by atoms with van der Waals surface area (Å²) in [4.78, 5) is 24.6. The predicted molar refractivity (Wildman–Crippen MR) is 67.6 cm³/mol. The second kappa shape index (κ2) is 10.1. The molecular formula is C13H25NO3. The summed E-state index contributed by atoms with van der Waals surface area (Å²) in [7, 11) is 0. The van der Waals surface area contributed by atoms with Gasteiger partial charge in [0.1, 0.15) is 0 Å². The largest absolute Gasteiger partial charge is 0.466 e. The number of hydrogen-bond donors (Lipinski definition) is 0. The third-order valence-electron chi connectivity index (χ3n) is 2.58. The maximum atomic E-state index is 11.7. The normalized spacial score (nSPS) is 10.1. The van der Waals surface area contributed by atoms with Crippen molar-refractivity contribution < 1.29 is 14.3 Å². The molecule has 1 amide bonds. The Hall–Kier alpha value is -1.06. The third-order valence-corrected chi connectivity index (χ3v) is 2.58. The molecule has 0 radical (unpaired) electrons. The zero-order chi connectivity index (χ0) is 13.1. The van der Waals surface area contributed by atoms with Crippen LogP contribution in [0.2, 0.25) is 0 Å². The highest BCUT2D eigenvalue weighted by molar-refractivity contribution is 5.77. The van der Waals surface area contributed by atoms with Crippen molar-refractivity contribution >= 4 is 11.9 Å². The molecule has 0 saturated heterocycles. The van der Waals surface area contributed by atoms with Crippen molar-refractivity contribution in [1.29, 1.82) is 0 Å². The van der Waals surface area contributed by atoms with Crippen LogP contribution >= 0.6 is 0 Å². The first-order chi connectivity index (χ1) is 8.15. The number of rotatable bonds is 9. The predicted octanol–water partition coefficient (Wildman–Crippen LogP) is 2.37. The summed E-state index contributed by atoms with van der Waals surface area (Å²) in [5, 5.41) is 0. The minimum absolute atomic E-state index is 0.116. The molecule has 0 aromatic heterocycles. The van der Waals surface area contributed by atoms with Gasteiger partial charge in [0.05, 0.1) is 13.0 Å². The Labute approximate surface area is 104 Å². The van der Waals surface area contributed by atoms with Gasteiger partial charge in [-0.15, -0.1) is 0 Å². The van der Waals surface area contributed by atoms with Crippen LogP contribution in [0.1, 0.15) is 52.9 Å². The number of ether oxygens (including phenoxy) is 1. The molecule has 0 aliphatic rings. The van der Waals surface area contributed by atoms with Crippen LogP contribution in [0.3, 0.4) is 0 Å². The van der Waals surface area contributed by atoms with E-state index in [1.165, 1.54) is 0 Å². The molecule has 0 atom stereocenters. The van der Waals surface area contributed by atoms with Crippen LogP contribution in [-0.4, -0.2) is 36.5 Å². The Bertz CT molecular complexity index is 229. The molecule has 0 bridgehead atoms. The number of esters is 1. The summed E-state index contributed by atoms with van der Waals surface area (Å²) in [6.45, 7) is 7.39. The number of nitrogens with zero attached hydrogens (tertiary/aromatic N) is 1. The zero-order valence-corrected chi connectivity index (χ0v) is 11.3. The van der Waals surface area contributed by atoms with Crippen LogP contribution in [0.5, 0.6) is 0 Å². The molecule has 0 aromatic rings. The zero-order valence-electron chi connectivity index (χ0n) is 11.3. The average Bonchev–Trinajstić information content (AvgIpc) is 2.33. The summed E-state index contributed by atoms with van der Waals surface area (Å²) in [6.07, 6.45) is 4.05. The molecule has 0 aliphatic carbocycles. The minimum Gasteiger partial charge on any atom is -0.466 e. The van der Waals surface area contributed by atoms with Crippen molar-refractivity contribution in [3.05, 3.63) is 0 Å². The highest BCUT2D eigenvalue weighted by atomic mass is 16.5. The fourth-order valence-corrected chi connectivity index (χ4v) is 1.60. The highest BCUT2D eigenvalue weighted by Crippen LogP contribution is 2.03. The maximum Gasteiger partial charge on any atom is 0.307 e. The Morgan fingerprint density at radius 2 is 1.76 bits per heavy atom. The molecule has 0 unspecified atom stereocenters. The standard InChI is InChI=1S/C13H25NO3/c1-4-7-8-10-14(12(15)5-2)11-9-13(16)17-6-3/h4-11H2,1-3H3. The number of hydrogen-bond acceptors (Lipinski definition) is 3. The molecule has 0 N–H and O–H groups in total. The van der Waals surface area contributed by atoms with Gasteiger partial charge in [-0.25, -0.2) is 0 Å². The lowest BCUT2D eigenvalue weighted by Crippen LogP contribution is -2.33. The first-order valence-electron chi connectivity index (χ1n) is 6.59. The van der Waals surface area contributed by atoms with Crippen molar-refractivity contribution in [3.63, 3.8) is 0 Å². The van der Waals surface area contributed by atoms with Crippen molar-refractivity contribution in [2.75, 3.05) is 19.7 Å². The minimum atomic E-state index is -0.225. The monoisotopic (exact) mass is 243 g/mol. The molecule has 0 fully saturated rings. The van der Waals surface area contributed by atoms with Gasteiger partial charge in [-0.2, -0.15) is 0 Å². The van der Waals surface area contributed by atoms with Gasteiger partial charge < -0.3 is 9.64 Å². The quantitative estimate of drug-likeness (QED) is 0.461. The Kier molecular flexibility index (Phi) is 9.49. The van der Waals surface area contributed by atoms with Crippen molar-refractivity contribution in [1.82, 2.24) is 4.90 Å². The summed E-state index contributed by atoms with van der Waals surface area (Å²) >= 11 is 0. The van der Waals surface area contributed by atoms with E-state index in [9.17, 15) is 9.59 Å². The van der Waals surface area contributed by atoms with E-state index < -0.39 is 0 Å². The number of unbranched alkanes of at least 4 members (excludes halogenated alkanes) is 2. The summed E-state index contributed by atoms with van der Waals surface area (Å²) in [6, 6.07) is 0. The molecule has 4 heteroatoms. The maximum absolute atomic E-state index is 11.7. The summed E-state index contributed by atoms with van der Waals surface area (Å²) in [5.74, 6) is -0.109. The van der Waals surface area contributed by atoms with Gasteiger partial charge in [-0.1, -0.05) is 26.7 Å². The fraction of sp³-hybridized carbons (Fsp3) is 0.846. The second-order valence-electron chi connectivity index (χ2n) is 4.00. The second-order valence-corrected chi connectivity index (χ2v) is 4.00. The topological polar surface area (TPSA) is 46.6 Å². The van der Waals surface area contributed by atoms with Gasteiger partial charge in [0.25, 0.3) is 0 Å². The van der Waals surface area contributed by atoms with E-state index in [4.69, 9.17) is 4.74 Å².